The van der Waals surface area contributed by atoms with Gasteiger partial charge in [0.2, 0.25) is 5.72 Å². The van der Waals surface area contributed by atoms with Gasteiger partial charge in [-0.1, -0.05) is 12.1 Å². The Morgan fingerprint density at radius 1 is 1.12 bits per heavy atom. The number of likely N-dealkylation sites (tertiary alicyclic amines) is 1. The fourth-order valence-corrected chi connectivity index (χ4v) is 4.97. The Hall–Kier alpha value is -3.42. The smallest absolute Gasteiger partial charge is 0.409 e. The van der Waals surface area contributed by atoms with Crippen molar-refractivity contribution in [1.29, 1.82) is 0 Å². The molecule has 0 aromatic heterocycles. The van der Waals surface area contributed by atoms with Crippen LogP contribution < -0.4 is 14.2 Å². The van der Waals surface area contributed by atoms with Crippen LogP contribution in [0.25, 0.3) is 0 Å². The molecule has 1 fully saturated rings. The molecule has 3 aliphatic heterocycles. The van der Waals surface area contributed by atoms with Crippen molar-refractivity contribution in [2.75, 3.05) is 33.9 Å². The number of hydrazone groups is 1. The summed E-state index contributed by atoms with van der Waals surface area (Å²) in [5.41, 5.74) is 2.49. The summed E-state index contributed by atoms with van der Waals surface area (Å²) in [5.74, 6) is 2.31. The van der Waals surface area contributed by atoms with Crippen molar-refractivity contribution in [3.8, 4) is 17.2 Å². The molecule has 5 rings (SSSR count). The number of nitrogens with zero attached hydrogens (tertiary/aromatic N) is 3. The van der Waals surface area contributed by atoms with Gasteiger partial charge < -0.3 is 23.8 Å². The van der Waals surface area contributed by atoms with Gasteiger partial charge in [-0.2, -0.15) is 5.10 Å². The summed E-state index contributed by atoms with van der Waals surface area (Å²) in [7, 11) is 3.33. The normalized spacial score (nSPS) is 20.5. The summed E-state index contributed by atoms with van der Waals surface area (Å²) in [6, 6.07) is 14.0. The van der Waals surface area contributed by atoms with Gasteiger partial charge in [0, 0.05) is 37.9 Å². The van der Waals surface area contributed by atoms with Gasteiger partial charge in [0.15, 0.2) is 11.5 Å². The highest BCUT2D eigenvalue weighted by atomic mass is 16.6. The van der Waals surface area contributed by atoms with Gasteiger partial charge in [0.1, 0.15) is 5.75 Å². The lowest BCUT2D eigenvalue weighted by atomic mass is 9.90. The Morgan fingerprint density at radius 3 is 2.55 bits per heavy atom. The SMILES string of the molecule is CCOC(=O)N1CCC2(CC1)Oc1c(OC)cccc1[C@@H]1CC(c3ccc(OC)cc3)=NN12. The average molecular weight is 452 g/mol. The van der Waals surface area contributed by atoms with E-state index in [-0.39, 0.29) is 12.1 Å². The van der Waals surface area contributed by atoms with E-state index in [0.29, 0.717) is 32.5 Å². The van der Waals surface area contributed by atoms with Crippen LogP contribution in [-0.2, 0) is 4.74 Å². The number of ether oxygens (including phenoxy) is 4. The molecule has 0 aliphatic carbocycles. The van der Waals surface area contributed by atoms with E-state index in [1.165, 1.54) is 0 Å². The molecular formula is C25H29N3O5. The highest BCUT2D eigenvalue weighted by Crippen LogP contribution is 2.52. The monoisotopic (exact) mass is 451 g/mol. The van der Waals surface area contributed by atoms with Crippen LogP contribution in [0.4, 0.5) is 4.79 Å². The third-order valence-corrected chi connectivity index (χ3v) is 6.70. The van der Waals surface area contributed by atoms with E-state index in [2.05, 4.69) is 11.1 Å². The number of hydrogen-bond acceptors (Lipinski definition) is 7. The van der Waals surface area contributed by atoms with E-state index in [1.54, 1.807) is 19.1 Å². The minimum absolute atomic E-state index is 0.0371. The van der Waals surface area contributed by atoms with E-state index < -0.39 is 5.72 Å². The highest BCUT2D eigenvalue weighted by Gasteiger charge is 2.53. The zero-order valence-corrected chi connectivity index (χ0v) is 19.2. The van der Waals surface area contributed by atoms with Crippen LogP contribution in [-0.4, -0.2) is 61.4 Å². The molecule has 1 atom stereocenters. The van der Waals surface area contributed by atoms with Crippen LogP contribution in [0, 0.1) is 0 Å². The van der Waals surface area contributed by atoms with Crippen molar-refractivity contribution in [3.05, 3.63) is 53.6 Å². The molecule has 1 spiro atoms. The predicted molar refractivity (Wildman–Crippen MR) is 123 cm³/mol. The first kappa shape index (κ1) is 21.4. The van der Waals surface area contributed by atoms with Crippen LogP contribution in [0.2, 0.25) is 0 Å². The number of rotatable bonds is 4. The lowest BCUT2D eigenvalue weighted by Crippen LogP contribution is -2.59. The molecule has 2 aromatic rings. The third kappa shape index (κ3) is 3.63. The molecule has 174 valence electrons. The van der Waals surface area contributed by atoms with Gasteiger partial charge >= 0.3 is 6.09 Å². The topological polar surface area (TPSA) is 72.8 Å². The van der Waals surface area contributed by atoms with Crippen molar-refractivity contribution in [2.45, 2.75) is 38.0 Å². The van der Waals surface area contributed by atoms with E-state index in [9.17, 15) is 4.79 Å². The van der Waals surface area contributed by atoms with Crippen LogP contribution in [0.15, 0.2) is 47.6 Å². The number of carbonyl (C=O) groups excluding carboxylic acids is 1. The number of piperidine rings is 1. The maximum Gasteiger partial charge on any atom is 0.409 e. The molecular weight excluding hydrogens is 422 g/mol. The molecule has 0 N–H and O–H groups in total. The van der Waals surface area contributed by atoms with Gasteiger partial charge in [0.05, 0.1) is 32.6 Å². The lowest BCUT2D eigenvalue weighted by molar-refractivity contribution is -0.148. The minimum atomic E-state index is -0.649. The quantitative estimate of drug-likeness (QED) is 0.694. The molecule has 0 saturated carbocycles. The molecule has 0 radical (unpaired) electrons. The fourth-order valence-electron chi connectivity index (χ4n) is 4.97. The highest BCUT2D eigenvalue weighted by molar-refractivity contribution is 6.02. The molecule has 1 saturated heterocycles. The van der Waals surface area contributed by atoms with Crippen LogP contribution in [0.1, 0.15) is 43.4 Å². The standard InChI is InChI=1S/C25H29N3O5/c1-4-32-24(29)27-14-12-25(13-15-27)28-21(19-6-5-7-22(31-3)23(19)33-25)16-20(26-28)17-8-10-18(30-2)11-9-17/h5-11,21H,4,12-16H2,1-3H3/t21-/m0/s1. The lowest BCUT2D eigenvalue weighted by Gasteiger charge is -2.51. The van der Waals surface area contributed by atoms with Gasteiger partial charge in [0.25, 0.3) is 0 Å². The number of amides is 1. The Bertz CT molecular complexity index is 1060. The molecule has 2 aromatic carbocycles. The summed E-state index contributed by atoms with van der Waals surface area (Å²) >= 11 is 0. The van der Waals surface area contributed by atoms with Gasteiger partial charge in [-0.15, -0.1) is 0 Å². The number of benzene rings is 2. The maximum absolute atomic E-state index is 12.3. The van der Waals surface area contributed by atoms with Crippen molar-refractivity contribution >= 4 is 11.8 Å². The third-order valence-electron chi connectivity index (χ3n) is 6.70. The molecule has 8 heteroatoms. The first-order valence-corrected chi connectivity index (χ1v) is 11.4. The van der Waals surface area contributed by atoms with E-state index in [4.69, 9.17) is 24.0 Å². The Kier molecular flexibility index (Phi) is 5.52. The second-order valence-electron chi connectivity index (χ2n) is 8.45. The summed E-state index contributed by atoms with van der Waals surface area (Å²) in [4.78, 5) is 14.0. The fraction of sp³-hybridized carbons (Fsp3) is 0.440. The first-order chi connectivity index (χ1) is 16.1. The molecule has 0 unspecified atom stereocenters. The zero-order valence-electron chi connectivity index (χ0n) is 19.2. The molecule has 3 aliphatic rings. The first-order valence-electron chi connectivity index (χ1n) is 11.4. The largest absolute Gasteiger partial charge is 0.497 e. The van der Waals surface area contributed by atoms with E-state index in [0.717, 1.165) is 40.5 Å². The minimum Gasteiger partial charge on any atom is -0.497 e. The zero-order chi connectivity index (χ0) is 23.0. The number of carbonyl (C=O) groups is 1. The Balaban J connectivity index is 1.50. The summed E-state index contributed by atoms with van der Waals surface area (Å²) in [6.45, 7) is 3.27. The number of hydrogen-bond donors (Lipinski definition) is 0. The second kappa shape index (κ2) is 8.50. The summed E-state index contributed by atoms with van der Waals surface area (Å²) in [6.07, 6.45) is 1.74. The number of fused-ring (bicyclic) bond motifs is 4. The van der Waals surface area contributed by atoms with Crippen molar-refractivity contribution < 1.29 is 23.7 Å². The maximum atomic E-state index is 12.3. The van der Waals surface area contributed by atoms with E-state index >= 15 is 0 Å². The molecule has 1 amide bonds. The summed E-state index contributed by atoms with van der Waals surface area (Å²) < 4.78 is 22.9. The Labute approximate surface area is 193 Å². The molecule has 33 heavy (non-hydrogen) atoms. The van der Waals surface area contributed by atoms with E-state index in [1.807, 2.05) is 43.3 Å². The second-order valence-corrected chi connectivity index (χ2v) is 8.45. The number of para-hydroxylation sites is 1. The predicted octanol–water partition coefficient (Wildman–Crippen LogP) is 4.20. The van der Waals surface area contributed by atoms with Crippen molar-refractivity contribution in [2.24, 2.45) is 5.10 Å². The van der Waals surface area contributed by atoms with Crippen molar-refractivity contribution in [1.82, 2.24) is 9.91 Å². The van der Waals surface area contributed by atoms with Crippen LogP contribution in [0.3, 0.4) is 0 Å². The molecule has 8 nitrogen and oxygen atoms in total. The Morgan fingerprint density at radius 2 is 1.88 bits per heavy atom. The van der Waals surface area contributed by atoms with Crippen LogP contribution >= 0.6 is 0 Å². The van der Waals surface area contributed by atoms with Crippen molar-refractivity contribution in [3.63, 3.8) is 0 Å². The van der Waals surface area contributed by atoms with Gasteiger partial charge in [-0.25, -0.2) is 9.80 Å². The van der Waals surface area contributed by atoms with Gasteiger partial charge in [-0.3, -0.25) is 0 Å². The number of methoxy groups -OCH3 is 2. The van der Waals surface area contributed by atoms with Crippen LogP contribution in [0.5, 0.6) is 17.2 Å². The average Bonchev–Trinajstić information content (AvgIpc) is 3.31. The van der Waals surface area contributed by atoms with Gasteiger partial charge in [-0.05, 0) is 42.8 Å². The summed E-state index contributed by atoms with van der Waals surface area (Å²) in [5, 5.41) is 7.20. The molecule has 3 heterocycles. The molecule has 0 bridgehead atoms.